The maximum absolute atomic E-state index is 12.5. The summed E-state index contributed by atoms with van der Waals surface area (Å²) in [6, 6.07) is 14.2. The lowest BCUT2D eigenvalue weighted by atomic mass is 10.2. The third kappa shape index (κ3) is 4.53. The van der Waals surface area contributed by atoms with Crippen molar-refractivity contribution in [1.82, 2.24) is 4.98 Å². The van der Waals surface area contributed by atoms with Crippen molar-refractivity contribution in [1.29, 1.82) is 0 Å². The number of carbonyl (C=O) groups is 1. The summed E-state index contributed by atoms with van der Waals surface area (Å²) in [7, 11) is 3.14. The van der Waals surface area contributed by atoms with E-state index in [1.807, 2.05) is 25.1 Å². The molecular formula is C21H20ClN3O3. The van der Waals surface area contributed by atoms with Crippen LogP contribution in [-0.4, -0.2) is 25.1 Å². The van der Waals surface area contributed by atoms with Crippen molar-refractivity contribution in [3.63, 3.8) is 0 Å². The van der Waals surface area contributed by atoms with Crippen LogP contribution in [0.2, 0.25) is 5.02 Å². The Morgan fingerprint density at radius 2 is 1.68 bits per heavy atom. The van der Waals surface area contributed by atoms with Crippen LogP contribution in [-0.2, 0) is 0 Å². The molecule has 0 spiro atoms. The summed E-state index contributed by atoms with van der Waals surface area (Å²) < 4.78 is 10.6. The monoisotopic (exact) mass is 397 g/mol. The van der Waals surface area contributed by atoms with E-state index in [2.05, 4.69) is 15.6 Å². The van der Waals surface area contributed by atoms with Crippen LogP contribution >= 0.6 is 11.6 Å². The Kier molecular flexibility index (Phi) is 6.01. The molecule has 0 aliphatic heterocycles. The van der Waals surface area contributed by atoms with Gasteiger partial charge in [0.2, 0.25) is 0 Å². The van der Waals surface area contributed by atoms with E-state index in [9.17, 15) is 4.79 Å². The molecule has 1 heterocycles. The highest BCUT2D eigenvalue weighted by Gasteiger charge is 2.12. The van der Waals surface area contributed by atoms with Gasteiger partial charge < -0.3 is 20.1 Å². The molecule has 0 aliphatic rings. The van der Waals surface area contributed by atoms with Crippen molar-refractivity contribution in [2.45, 2.75) is 6.92 Å². The molecule has 3 rings (SSSR count). The Hall–Kier alpha value is -3.25. The van der Waals surface area contributed by atoms with Gasteiger partial charge in [-0.3, -0.25) is 4.79 Å². The zero-order valence-electron chi connectivity index (χ0n) is 15.7. The number of methoxy groups -OCH3 is 2. The quantitative estimate of drug-likeness (QED) is 0.608. The van der Waals surface area contributed by atoms with E-state index in [-0.39, 0.29) is 11.6 Å². The number of nitrogens with zero attached hydrogens (tertiary/aromatic N) is 1. The Labute approximate surface area is 168 Å². The van der Waals surface area contributed by atoms with Crippen LogP contribution < -0.4 is 20.1 Å². The van der Waals surface area contributed by atoms with E-state index in [1.54, 1.807) is 50.7 Å². The number of pyridine rings is 1. The maximum Gasteiger partial charge on any atom is 0.274 e. The first-order valence-corrected chi connectivity index (χ1v) is 8.90. The second-order valence-electron chi connectivity index (χ2n) is 6.06. The molecule has 6 nitrogen and oxygen atoms in total. The van der Waals surface area contributed by atoms with Crippen molar-refractivity contribution in [3.8, 4) is 11.5 Å². The highest BCUT2D eigenvalue weighted by Crippen LogP contribution is 2.30. The fraction of sp³-hybridized carbons (Fsp3) is 0.143. The van der Waals surface area contributed by atoms with Crippen LogP contribution in [0.25, 0.3) is 0 Å². The molecule has 3 aromatic rings. The van der Waals surface area contributed by atoms with Gasteiger partial charge in [0.25, 0.3) is 5.91 Å². The molecule has 7 heteroatoms. The largest absolute Gasteiger partial charge is 0.495 e. The summed E-state index contributed by atoms with van der Waals surface area (Å²) in [6.07, 6.45) is 1.57. The van der Waals surface area contributed by atoms with Crippen LogP contribution in [0.1, 0.15) is 16.1 Å². The SMILES string of the molecule is COc1ccc(C)cc1NC(=O)c1ccc(Nc2cc(Cl)ccc2OC)cn1. The van der Waals surface area contributed by atoms with Gasteiger partial charge in [-0.15, -0.1) is 0 Å². The van der Waals surface area contributed by atoms with Crippen molar-refractivity contribution >= 4 is 34.6 Å². The van der Waals surface area contributed by atoms with Crippen LogP contribution in [0.15, 0.2) is 54.7 Å². The fourth-order valence-corrected chi connectivity index (χ4v) is 2.81. The first-order valence-electron chi connectivity index (χ1n) is 8.53. The summed E-state index contributed by atoms with van der Waals surface area (Å²) in [6.45, 7) is 1.94. The Morgan fingerprint density at radius 1 is 0.964 bits per heavy atom. The zero-order chi connectivity index (χ0) is 20.1. The van der Waals surface area contributed by atoms with E-state index < -0.39 is 0 Å². The summed E-state index contributed by atoms with van der Waals surface area (Å²) >= 11 is 6.05. The maximum atomic E-state index is 12.5. The lowest BCUT2D eigenvalue weighted by Gasteiger charge is -2.12. The molecular weight excluding hydrogens is 378 g/mol. The molecule has 2 aromatic carbocycles. The minimum absolute atomic E-state index is 0.284. The molecule has 0 aliphatic carbocycles. The van der Waals surface area contributed by atoms with Crippen LogP contribution in [0.3, 0.4) is 0 Å². The number of aromatic nitrogens is 1. The Morgan fingerprint density at radius 3 is 2.36 bits per heavy atom. The third-order valence-corrected chi connectivity index (χ3v) is 4.27. The van der Waals surface area contributed by atoms with Gasteiger partial charge in [0.1, 0.15) is 17.2 Å². The van der Waals surface area contributed by atoms with Crippen molar-refractivity contribution < 1.29 is 14.3 Å². The van der Waals surface area contributed by atoms with Gasteiger partial charge in [-0.2, -0.15) is 0 Å². The minimum Gasteiger partial charge on any atom is -0.495 e. The topological polar surface area (TPSA) is 72.5 Å². The standard InChI is InChI=1S/C21H20ClN3O3/c1-13-4-8-19(27-2)17(10-13)25-21(26)16-7-6-15(12-23-16)24-18-11-14(22)5-9-20(18)28-3/h4-12,24H,1-3H3,(H,25,26). The number of aryl methyl sites for hydroxylation is 1. The minimum atomic E-state index is -0.323. The molecule has 0 radical (unpaired) electrons. The molecule has 0 fully saturated rings. The molecule has 0 atom stereocenters. The van der Waals surface area contributed by atoms with Crippen molar-refractivity contribution in [3.05, 3.63) is 71.0 Å². The first-order chi connectivity index (χ1) is 13.5. The average Bonchev–Trinajstić information content (AvgIpc) is 2.69. The van der Waals surface area contributed by atoms with Crippen molar-refractivity contribution in [2.24, 2.45) is 0 Å². The van der Waals surface area contributed by atoms with Gasteiger partial charge in [0, 0.05) is 5.02 Å². The first kappa shape index (κ1) is 19.5. The number of halogens is 1. The average molecular weight is 398 g/mol. The molecule has 0 unspecified atom stereocenters. The lowest BCUT2D eigenvalue weighted by molar-refractivity contribution is 0.102. The highest BCUT2D eigenvalue weighted by molar-refractivity contribution is 6.31. The number of amides is 1. The fourth-order valence-electron chi connectivity index (χ4n) is 2.64. The number of rotatable bonds is 6. The van der Waals surface area contributed by atoms with Crippen molar-refractivity contribution in [2.75, 3.05) is 24.9 Å². The van der Waals surface area contributed by atoms with E-state index in [0.29, 0.717) is 33.6 Å². The van der Waals surface area contributed by atoms with Gasteiger partial charge in [-0.1, -0.05) is 17.7 Å². The molecule has 0 saturated carbocycles. The highest BCUT2D eigenvalue weighted by atomic mass is 35.5. The van der Waals surface area contributed by atoms with Gasteiger partial charge in [-0.05, 0) is 55.0 Å². The Bertz CT molecular complexity index is 991. The molecule has 28 heavy (non-hydrogen) atoms. The van der Waals surface area contributed by atoms with Gasteiger partial charge in [-0.25, -0.2) is 4.98 Å². The van der Waals surface area contributed by atoms with Gasteiger partial charge in [0.15, 0.2) is 0 Å². The summed E-state index contributed by atoms with van der Waals surface area (Å²) in [4.78, 5) is 16.8. The molecule has 1 aromatic heterocycles. The second kappa shape index (κ2) is 8.63. The van der Waals surface area contributed by atoms with Gasteiger partial charge >= 0.3 is 0 Å². The number of nitrogens with one attached hydrogen (secondary N) is 2. The molecule has 2 N–H and O–H groups in total. The number of hydrogen-bond acceptors (Lipinski definition) is 5. The van der Waals surface area contributed by atoms with Crippen LogP contribution in [0, 0.1) is 6.92 Å². The second-order valence-corrected chi connectivity index (χ2v) is 6.50. The molecule has 0 saturated heterocycles. The number of benzene rings is 2. The van der Waals surface area contributed by atoms with E-state index in [1.165, 1.54) is 0 Å². The van der Waals surface area contributed by atoms with E-state index in [0.717, 1.165) is 5.56 Å². The number of ether oxygens (including phenoxy) is 2. The molecule has 1 amide bonds. The van der Waals surface area contributed by atoms with Crippen LogP contribution in [0.5, 0.6) is 11.5 Å². The summed E-state index contributed by atoms with van der Waals surface area (Å²) in [5.41, 5.74) is 3.30. The predicted molar refractivity (Wildman–Crippen MR) is 111 cm³/mol. The summed E-state index contributed by atoms with van der Waals surface area (Å²) in [5.74, 6) is 0.916. The molecule has 144 valence electrons. The van der Waals surface area contributed by atoms with Crippen LogP contribution in [0.4, 0.5) is 17.1 Å². The van der Waals surface area contributed by atoms with E-state index in [4.69, 9.17) is 21.1 Å². The van der Waals surface area contributed by atoms with Gasteiger partial charge in [0.05, 0.1) is 37.5 Å². The predicted octanol–water partition coefficient (Wildman–Crippen LogP) is 5.06. The molecule has 0 bridgehead atoms. The summed E-state index contributed by atoms with van der Waals surface area (Å²) in [5, 5.41) is 6.59. The lowest BCUT2D eigenvalue weighted by Crippen LogP contribution is -2.14. The number of anilines is 3. The third-order valence-electron chi connectivity index (χ3n) is 4.04. The smallest absolute Gasteiger partial charge is 0.274 e. The Balaban J connectivity index is 1.75. The zero-order valence-corrected chi connectivity index (χ0v) is 16.5. The van der Waals surface area contributed by atoms with E-state index >= 15 is 0 Å². The number of hydrogen-bond donors (Lipinski definition) is 2. The normalized spacial score (nSPS) is 10.3. The number of carbonyl (C=O) groups excluding carboxylic acids is 1.